The molecule has 2 heterocycles. The fourth-order valence-electron chi connectivity index (χ4n) is 1.68. The second kappa shape index (κ2) is 1.95. The van der Waals surface area contributed by atoms with E-state index in [1.54, 1.807) is 0 Å². The Morgan fingerprint density at radius 1 is 1.70 bits per heavy atom. The standard InChI is InChI=1S/C7H12N2O/c1-5-6-3-8-10-7(6)4-9(5)2/h3,5-7H,4H2,1-2H3. The van der Waals surface area contributed by atoms with Gasteiger partial charge in [-0.3, -0.25) is 4.90 Å². The van der Waals surface area contributed by atoms with E-state index in [0.29, 0.717) is 18.1 Å². The first-order chi connectivity index (χ1) is 4.79. The van der Waals surface area contributed by atoms with Gasteiger partial charge in [-0.2, -0.15) is 0 Å². The number of rotatable bonds is 0. The van der Waals surface area contributed by atoms with E-state index in [1.807, 2.05) is 6.21 Å². The highest BCUT2D eigenvalue weighted by atomic mass is 16.6. The molecule has 0 aliphatic carbocycles. The Hall–Kier alpha value is -0.570. The highest BCUT2D eigenvalue weighted by molar-refractivity contribution is 5.64. The van der Waals surface area contributed by atoms with E-state index in [4.69, 9.17) is 4.84 Å². The summed E-state index contributed by atoms with van der Waals surface area (Å²) in [7, 11) is 2.13. The minimum atomic E-state index is 0.333. The first-order valence-corrected chi connectivity index (χ1v) is 3.68. The third kappa shape index (κ3) is 0.669. The average molecular weight is 140 g/mol. The highest BCUT2D eigenvalue weighted by Gasteiger charge is 2.40. The Labute approximate surface area is 60.6 Å². The lowest BCUT2D eigenvalue weighted by Gasteiger charge is -2.15. The van der Waals surface area contributed by atoms with Gasteiger partial charge in [0.1, 0.15) is 6.10 Å². The molecule has 2 rings (SSSR count). The molecule has 0 bridgehead atoms. The SMILES string of the molecule is CC1C2C=NOC2CN1C. The number of hydrogen-bond acceptors (Lipinski definition) is 3. The first kappa shape index (κ1) is 6.16. The smallest absolute Gasteiger partial charge is 0.149 e. The number of likely N-dealkylation sites (N-methyl/N-ethyl adjacent to an activating group) is 1. The zero-order chi connectivity index (χ0) is 7.14. The highest BCUT2D eigenvalue weighted by Crippen LogP contribution is 2.27. The van der Waals surface area contributed by atoms with Gasteiger partial charge in [-0.1, -0.05) is 5.16 Å². The largest absolute Gasteiger partial charge is 0.391 e. The van der Waals surface area contributed by atoms with Crippen LogP contribution in [0.4, 0.5) is 0 Å². The molecular weight excluding hydrogens is 128 g/mol. The lowest BCUT2D eigenvalue weighted by atomic mass is 10.0. The molecule has 0 amide bonds. The molecule has 56 valence electrons. The summed E-state index contributed by atoms with van der Waals surface area (Å²) >= 11 is 0. The van der Waals surface area contributed by atoms with Gasteiger partial charge in [0.05, 0.1) is 12.1 Å². The number of hydrogen-bond donors (Lipinski definition) is 0. The second-order valence-electron chi connectivity index (χ2n) is 3.16. The Balaban J connectivity index is 2.16. The maximum atomic E-state index is 5.15. The lowest BCUT2D eigenvalue weighted by Crippen LogP contribution is -2.26. The molecule has 0 aromatic heterocycles. The molecule has 3 atom stereocenters. The number of likely N-dealkylation sites (tertiary alicyclic amines) is 1. The summed E-state index contributed by atoms with van der Waals surface area (Å²) in [4.78, 5) is 7.45. The third-order valence-electron chi connectivity index (χ3n) is 2.58. The fraction of sp³-hybridized carbons (Fsp3) is 0.857. The summed E-state index contributed by atoms with van der Waals surface area (Å²) in [5, 5.41) is 3.80. The Kier molecular flexibility index (Phi) is 1.20. The van der Waals surface area contributed by atoms with Gasteiger partial charge in [0.2, 0.25) is 0 Å². The molecule has 0 spiro atoms. The van der Waals surface area contributed by atoms with Crippen molar-refractivity contribution in [3.05, 3.63) is 0 Å². The van der Waals surface area contributed by atoms with Crippen LogP contribution in [0.2, 0.25) is 0 Å². The zero-order valence-corrected chi connectivity index (χ0v) is 6.32. The van der Waals surface area contributed by atoms with Crippen LogP contribution in [0.25, 0.3) is 0 Å². The maximum Gasteiger partial charge on any atom is 0.149 e. The van der Waals surface area contributed by atoms with E-state index in [2.05, 4.69) is 24.0 Å². The molecular formula is C7H12N2O. The molecule has 0 radical (unpaired) electrons. The van der Waals surface area contributed by atoms with Gasteiger partial charge in [0.25, 0.3) is 0 Å². The Morgan fingerprint density at radius 2 is 2.50 bits per heavy atom. The van der Waals surface area contributed by atoms with Crippen molar-refractivity contribution >= 4 is 6.21 Å². The Bertz CT molecular complexity index is 169. The average Bonchev–Trinajstić information content (AvgIpc) is 2.41. The molecule has 2 aliphatic rings. The molecule has 1 saturated heterocycles. The maximum absolute atomic E-state index is 5.15. The van der Waals surface area contributed by atoms with Crippen molar-refractivity contribution < 1.29 is 4.84 Å². The van der Waals surface area contributed by atoms with Crippen LogP contribution >= 0.6 is 0 Å². The summed E-state index contributed by atoms with van der Waals surface area (Å²) in [5.41, 5.74) is 0. The van der Waals surface area contributed by atoms with E-state index in [1.165, 1.54) is 0 Å². The topological polar surface area (TPSA) is 24.8 Å². The van der Waals surface area contributed by atoms with E-state index in [9.17, 15) is 0 Å². The summed E-state index contributed by atoms with van der Waals surface area (Å²) in [6.07, 6.45) is 2.26. The van der Waals surface area contributed by atoms with E-state index in [-0.39, 0.29) is 0 Å². The van der Waals surface area contributed by atoms with Crippen LogP contribution in [0.5, 0.6) is 0 Å². The molecule has 2 aliphatic heterocycles. The van der Waals surface area contributed by atoms with Crippen LogP contribution in [0.3, 0.4) is 0 Å². The van der Waals surface area contributed by atoms with E-state index >= 15 is 0 Å². The molecule has 0 N–H and O–H groups in total. The normalized spacial score (nSPS) is 45.6. The van der Waals surface area contributed by atoms with Crippen molar-refractivity contribution in [1.29, 1.82) is 0 Å². The van der Waals surface area contributed by atoms with Crippen molar-refractivity contribution in [2.75, 3.05) is 13.6 Å². The van der Waals surface area contributed by atoms with Crippen molar-refractivity contribution in [3.63, 3.8) is 0 Å². The second-order valence-corrected chi connectivity index (χ2v) is 3.16. The van der Waals surface area contributed by atoms with E-state index < -0.39 is 0 Å². The van der Waals surface area contributed by atoms with Gasteiger partial charge in [0, 0.05) is 12.6 Å². The minimum absolute atomic E-state index is 0.333. The van der Waals surface area contributed by atoms with Gasteiger partial charge in [-0.15, -0.1) is 0 Å². The molecule has 3 heteroatoms. The molecule has 1 fully saturated rings. The summed E-state index contributed by atoms with van der Waals surface area (Å²) in [5.74, 6) is 0.532. The molecule has 3 nitrogen and oxygen atoms in total. The van der Waals surface area contributed by atoms with Gasteiger partial charge in [-0.05, 0) is 14.0 Å². The van der Waals surface area contributed by atoms with Crippen LogP contribution in [0.15, 0.2) is 5.16 Å². The summed E-state index contributed by atoms with van der Waals surface area (Å²) in [6.45, 7) is 3.23. The van der Waals surface area contributed by atoms with Crippen molar-refractivity contribution in [2.45, 2.75) is 19.1 Å². The molecule has 10 heavy (non-hydrogen) atoms. The predicted octanol–water partition coefficient (Wildman–Crippen LogP) is 0.321. The van der Waals surface area contributed by atoms with Crippen LogP contribution in [0, 0.1) is 5.92 Å². The number of nitrogens with zero attached hydrogens (tertiary/aromatic N) is 2. The minimum Gasteiger partial charge on any atom is -0.391 e. The quantitative estimate of drug-likeness (QED) is 0.484. The molecule has 0 aromatic carbocycles. The fourth-order valence-corrected chi connectivity index (χ4v) is 1.68. The predicted molar refractivity (Wildman–Crippen MR) is 38.9 cm³/mol. The van der Waals surface area contributed by atoms with Gasteiger partial charge in [0.15, 0.2) is 0 Å². The number of fused-ring (bicyclic) bond motifs is 1. The molecule has 0 aromatic rings. The monoisotopic (exact) mass is 140 g/mol. The molecule has 0 saturated carbocycles. The van der Waals surface area contributed by atoms with E-state index in [0.717, 1.165) is 6.54 Å². The lowest BCUT2D eigenvalue weighted by molar-refractivity contribution is 0.0772. The zero-order valence-electron chi connectivity index (χ0n) is 6.32. The molecule has 3 unspecified atom stereocenters. The summed E-state index contributed by atoms with van der Waals surface area (Å²) < 4.78 is 0. The van der Waals surface area contributed by atoms with Crippen LogP contribution in [-0.4, -0.2) is 36.9 Å². The Morgan fingerprint density at radius 3 is 3.20 bits per heavy atom. The van der Waals surface area contributed by atoms with Crippen LogP contribution in [-0.2, 0) is 4.84 Å². The van der Waals surface area contributed by atoms with Crippen LogP contribution in [0.1, 0.15) is 6.92 Å². The van der Waals surface area contributed by atoms with Gasteiger partial charge in [-0.25, -0.2) is 0 Å². The van der Waals surface area contributed by atoms with Crippen molar-refractivity contribution in [2.24, 2.45) is 11.1 Å². The first-order valence-electron chi connectivity index (χ1n) is 3.68. The van der Waals surface area contributed by atoms with Crippen molar-refractivity contribution in [3.8, 4) is 0 Å². The number of oxime groups is 1. The third-order valence-corrected chi connectivity index (χ3v) is 2.58. The van der Waals surface area contributed by atoms with Crippen molar-refractivity contribution in [1.82, 2.24) is 4.90 Å². The summed E-state index contributed by atoms with van der Waals surface area (Å²) in [6, 6.07) is 0.594. The van der Waals surface area contributed by atoms with Gasteiger partial charge >= 0.3 is 0 Å². The van der Waals surface area contributed by atoms with Crippen LogP contribution < -0.4 is 0 Å². The van der Waals surface area contributed by atoms with Gasteiger partial charge < -0.3 is 4.84 Å².